The third-order valence-electron chi connectivity index (χ3n) is 2.50. The molecule has 0 bridgehead atoms. The topological polar surface area (TPSA) is 64.9 Å². The maximum Gasteiger partial charge on any atom is 0.233 e. The van der Waals surface area contributed by atoms with Crippen molar-refractivity contribution in [3.05, 3.63) is 35.1 Å². The van der Waals surface area contributed by atoms with Crippen LogP contribution in [0.1, 0.15) is 25.0 Å². The molecule has 0 unspecified atom stereocenters. The quantitative estimate of drug-likeness (QED) is 0.818. The molecule has 4 nitrogen and oxygen atoms in total. The second kappa shape index (κ2) is 7.49. The molecule has 1 amide bonds. The summed E-state index contributed by atoms with van der Waals surface area (Å²) in [4.78, 5) is 11.4. The van der Waals surface area contributed by atoms with Crippen molar-refractivity contribution < 1.29 is 9.18 Å². The molecular formula is C14H18FN3O. The molecule has 2 N–H and O–H groups in total. The molecule has 1 aromatic carbocycles. The van der Waals surface area contributed by atoms with Gasteiger partial charge in [0.1, 0.15) is 5.82 Å². The normalized spacial score (nSPS) is 10.3. The lowest BCUT2D eigenvalue weighted by Gasteiger charge is -2.09. The Morgan fingerprint density at radius 1 is 1.47 bits per heavy atom. The van der Waals surface area contributed by atoms with Crippen LogP contribution in [0.5, 0.6) is 0 Å². The molecule has 5 heteroatoms. The number of hydrogen-bond donors (Lipinski definition) is 2. The molecule has 0 aliphatic rings. The molecule has 0 saturated carbocycles. The Bertz CT molecular complexity index is 480. The smallest absolute Gasteiger partial charge is 0.233 e. The van der Waals surface area contributed by atoms with Gasteiger partial charge in [-0.1, -0.05) is 13.8 Å². The summed E-state index contributed by atoms with van der Waals surface area (Å²) < 4.78 is 13.1. The van der Waals surface area contributed by atoms with Crippen molar-refractivity contribution in [2.45, 2.75) is 20.4 Å². The van der Waals surface area contributed by atoms with Crippen LogP contribution in [0.3, 0.4) is 0 Å². The van der Waals surface area contributed by atoms with Gasteiger partial charge in [-0.3, -0.25) is 4.79 Å². The van der Waals surface area contributed by atoms with Gasteiger partial charge in [-0.15, -0.1) is 0 Å². The van der Waals surface area contributed by atoms with Crippen molar-refractivity contribution in [1.29, 1.82) is 5.26 Å². The average molecular weight is 263 g/mol. The molecule has 0 spiro atoms. The fraction of sp³-hybridized carbons (Fsp3) is 0.429. The van der Waals surface area contributed by atoms with Crippen LogP contribution < -0.4 is 10.6 Å². The van der Waals surface area contributed by atoms with E-state index in [-0.39, 0.29) is 24.8 Å². The minimum atomic E-state index is -0.389. The lowest BCUT2D eigenvalue weighted by Crippen LogP contribution is -2.35. The van der Waals surface area contributed by atoms with Crippen molar-refractivity contribution >= 4 is 5.91 Å². The number of rotatable bonds is 6. The predicted octanol–water partition coefficient (Wildman–Crippen LogP) is 1.56. The predicted molar refractivity (Wildman–Crippen MR) is 70.7 cm³/mol. The van der Waals surface area contributed by atoms with Gasteiger partial charge in [0.05, 0.1) is 18.2 Å². The second-order valence-electron chi connectivity index (χ2n) is 4.71. The Kier molecular flexibility index (Phi) is 5.97. The van der Waals surface area contributed by atoms with E-state index in [1.165, 1.54) is 18.2 Å². The number of nitrogens with zero attached hydrogens (tertiary/aromatic N) is 1. The van der Waals surface area contributed by atoms with Crippen LogP contribution in [0.25, 0.3) is 0 Å². The Labute approximate surface area is 112 Å². The highest BCUT2D eigenvalue weighted by Crippen LogP contribution is 2.09. The van der Waals surface area contributed by atoms with Crippen LogP contribution in [-0.2, 0) is 11.3 Å². The van der Waals surface area contributed by atoms with Crippen molar-refractivity contribution in [3.8, 4) is 6.07 Å². The van der Waals surface area contributed by atoms with E-state index in [0.29, 0.717) is 23.6 Å². The number of carbonyl (C=O) groups is 1. The van der Waals surface area contributed by atoms with Gasteiger partial charge in [-0.25, -0.2) is 4.39 Å². The van der Waals surface area contributed by atoms with E-state index in [1.54, 1.807) is 0 Å². The summed E-state index contributed by atoms with van der Waals surface area (Å²) >= 11 is 0. The summed E-state index contributed by atoms with van der Waals surface area (Å²) in [6.07, 6.45) is 0. The molecule has 0 aliphatic carbocycles. The lowest BCUT2D eigenvalue weighted by atomic mass is 10.1. The SMILES string of the molecule is CC(C)CNC(=O)CNCc1cc(F)ccc1C#N. The number of benzene rings is 1. The molecule has 0 aliphatic heterocycles. The third kappa shape index (κ3) is 5.49. The van der Waals surface area contributed by atoms with Gasteiger partial charge in [-0.05, 0) is 29.7 Å². The summed E-state index contributed by atoms with van der Waals surface area (Å²) in [6.45, 7) is 5.09. The third-order valence-corrected chi connectivity index (χ3v) is 2.50. The van der Waals surface area contributed by atoms with E-state index >= 15 is 0 Å². The Hall–Kier alpha value is -1.93. The highest BCUT2D eigenvalue weighted by atomic mass is 19.1. The summed E-state index contributed by atoms with van der Waals surface area (Å²) in [5.41, 5.74) is 0.968. The van der Waals surface area contributed by atoms with Crippen LogP contribution >= 0.6 is 0 Å². The first kappa shape index (κ1) is 15.1. The van der Waals surface area contributed by atoms with Gasteiger partial charge < -0.3 is 10.6 Å². The monoisotopic (exact) mass is 263 g/mol. The van der Waals surface area contributed by atoms with Gasteiger partial charge in [-0.2, -0.15) is 5.26 Å². The molecular weight excluding hydrogens is 245 g/mol. The zero-order valence-electron chi connectivity index (χ0n) is 11.2. The molecule has 0 saturated heterocycles. The van der Waals surface area contributed by atoms with E-state index in [4.69, 9.17) is 5.26 Å². The number of hydrogen-bond acceptors (Lipinski definition) is 3. The lowest BCUT2D eigenvalue weighted by molar-refractivity contribution is -0.120. The Balaban J connectivity index is 2.43. The van der Waals surface area contributed by atoms with Crippen molar-refractivity contribution in [2.24, 2.45) is 5.92 Å². The van der Waals surface area contributed by atoms with Crippen LogP contribution in [0.15, 0.2) is 18.2 Å². The molecule has 1 rings (SSSR count). The Morgan fingerprint density at radius 2 is 2.21 bits per heavy atom. The summed E-state index contributed by atoms with van der Waals surface area (Å²) in [6, 6.07) is 5.98. The summed E-state index contributed by atoms with van der Waals surface area (Å²) in [7, 11) is 0. The molecule has 0 heterocycles. The van der Waals surface area contributed by atoms with E-state index in [9.17, 15) is 9.18 Å². The maximum atomic E-state index is 13.1. The molecule has 0 aromatic heterocycles. The van der Waals surface area contributed by atoms with Crippen molar-refractivity contribution in [1.82, 2.24) is 10.6 Å². The first-order valence-electron chi connectivity index (χ1n) is 6.19. The maximum absolute atomic E-state index is 13.1. The van der Waals surface area contributed by atoms with Gasteiger partial charge in [0, 0.05) is 13.1 Å². The summed E-state index contributed by atoms with van der Waals surface area (Å²) in [5.74, 6) is -0.0963. The van der Waals surface area contributed by atoms with Gasteiger partial charge >= 0.3 is 0 Å². The van der Waals surface area contributed by atoms with Crippen LogP contribution in [0.4, 0.5) is 4.39 Å². The van der Waals surface area contributed by atoms with Crippen LogP contribution in [0.2, 0.25) is 0 Å². The standard InChI is InChI=1S/C14H18FN3O/c1-10(2)7-18-14(19)9-17-8-12-5-13(15)4-3-11(12)6-16/h3-5,10,17H,7-9H2,1-2H3,(H,18,19). The van der Waals surface area contributed by atoms with Gasteiger partial charge in [0.15, 0.2) is 0 Å². The molecule has 102 valence electrons. The molecule has 0 fully saturated rings. The highest BCUT2D eigenvalue weighted by Gasteiger charge is 2.05. The average Bonchev–Trinajstić information content (AvgIpc) is 2.36. The fourth-order valence-corrected chi connectivity index (χ4v) is 1.51. The molecule has 0 atom stereocenters. The van der Waals surface area contributed by atoms with Crippen LogP contribution in [0, 0.1) is 23.1 Å². The molecule has 0 radical (unpaired) electrons. The Morgan fingerprint density at radius 3 is 2.84 bits per heavy atom. The zero-order valence-corrected chi connectivity index (χ0v) is 11.2. The first-order valence-corrected chi connectivity index (χ1v) is 6.19. The number of amides is 1. The largest absolute Gasteiger partial charge is 0.355 e. The number of halogens is 1. The van der Waals surface area contributed by atoms with E-state index < -0.39 is 0 Å². The molecule has 1 aromatic rings. The number of nitrogens with one attached hydrogen (secondary N) is 2. The first-order chi connectivity index (χ1) is 9.02. The van der Waals surface area contributed by atoms with Gasteiger partial charge in [0.25, 0.3) is 0 Å². The minimum Gasteiger partial charge on any atom is -0.355 e. The minimum absolute atomic E-state index is 0.108. The molecule has 19 heavy (non-hydrogen) atoms. The fourth-order valence-electron chi connectivity index (χ4n) is 1.51. The zero-order chi connectivity index (χ0) is 14.3. The van der Waals surface area contributed by atoms with Gasteiger partial charge in [0.2, 0.25) is 5.91 Å². The van der Waals surface area contributed by atoms with E-state index in [2.05, 4.69) is 10.6 Å². The van der Waals surface area contributed by atoms with E-state index in [0.717, 1.165) is 0 Å². The number of carbonyl (C=O) groups excluding carboxylic acids is 1. The van der Waals surface area contributed by atoms with E-state index in [1.807, 2.05) is 19.9 Å². The number of nitriles is 1. The van der Waals surface area contributed by atoms with Crippen molar-refractivity contribution in [2.75, 3.05) is 13.1 Å². The van der Waals surface area contributed by atoms with Crippen LogP contribution in [-0.4, -0.2) is 19.0 Å². The highest BCUT2D eigenvalue weighted by molar-refractivity contribution is 5.77. The summed E-state index contributed by atoms with van der Waals surface area (Å²) in [5, 5.41) is 14.5. The second-order valence-corrected chi connectivity index (χ2v) is 4.71. The van der Waals surface area contributed by atoms with Crippen molar-refractivity contribution in [3.63, 3.8) is 0 Å².